The van der Waals surface area contributed by atoms with Crippen molar-refractivity contribution in [3.63, 3.8) is 0 Å². The maximum absolute atomic E-state index is 12.0. The van der Waals surface area contributed by atoms with Crippen molar-refractivity contribution in [1.82, 2.24) is 4.90 Å². The Bertz CT molecular complexity index is 245. The molecule has 1 heterocycles. The minimum absolute atomic E-state index is 0.195. The largest absolute Gasteiger partial charge is 0.321 e. The molecule has 1 saturated heterocycles. The highest BCUT2D eigenvalue weighted by Crippen LogP contribution is 2.23. The molecule has 2 atom stereocenters. The van der Waals surface area contributed by atoms with E-state index in [2.05, 4.69) is 11.9 Å². The summed E-state index contributed by atoms with van der Waals surface area (Å²) in [5, 5.41) is 0. The molecule has 0 bridgehead atoms. The molecule has 0 aromatic rings. The summed E-state index contributed by atoms with van der Waals surface area (Å²) in [6, 6.07) is -0.281. The van der Waals surface area contributed by atoms with Gasteiger partial charge in [0.1, 0.15) is 0 Å². The van der Waals surface area contributed by atoms with Gasteiger partial charge in [-0.25, -0.2) is 0 Å². The molecule has 0 spiro atoms. The van der Waals surface area contributed by atoms with Crippen molar-refractivity contribution in [1.29, 1.82) is 0 Å². The van der Waals surface area contributed by atoms with E-state index >= 15 is 0 Å². The van der Waals surface area contributed by atoms with Crippen LogP contribution in [0.3, 0.4) is 0 Å². The molecule has 3 nitrogen and oxygen atoms in total. The van der Waals surface area contributed by atoms with E-state index in [0.717, 1.165) is 13.0 Å². The Labute approximate surface area is 99.4 Å². The van der Waals surface area contributed by atoms with E-state index in [4.69, 9.17) is 5.73 Å². The Morgan fingerprint density at radius 1 is 1.50 bits per heavy atom. The van der Waals surface area contributed by atoms with Crippen molar-refractivity contribution in [2.45, 2.75) is 46.1 Å². The van der Waals surface area contributed by atoms with E-state index in [9.17, 15) is 4.79 Å². The summed E-state index contributed by atoms with van der Waals surface area (Å²) in [5.74, 6) is 0.792. The number of ketones is 1. The van der Waals surface area contributed by atoms with Crippen LogP contribution >= 0.6 is 0 Å². The Morgan fingerprint density at radius 3 is 2.62 bits per heavy atom. The summed E-state index contributed by atoms with van der Waals surface area (Å²) >= 11 is 0. The lowest BCUT2D eigenvalue weighted by molar-refractivity contribution is -0.128. The SMILES string of the molecule is CN1CCCC(CC(N)C(=O)C(C)(C)C)C1. The normalized spacial score (nSPS) is 25.4. The van der Waals surface area contributed by atoms with Crippen LogP contribution in [0.15, 0.2) is 0 Å². The third-order valence-electron chi connectivity index (χ3n) is 3.39. The van der Waals surface area contributed by atoms with E-state index in [-0.39, 0.29) is 17.2 Å². The quantitative estimate of drug-likeness (QED) is 0.796. The second-order valence-corrected chi connectivity index (χ2v) is 6.23. The van der Waals surface area contributed by atoms with Crippen molar-refractivity contribution in [2.75, 3.05) is 20.1 Å². The van der Waals surface area contributed by atoms with Gasteiger partial charge in [0, 0.05) is 12.0 Å². The average Bonchev–Trinajstić information content (AvgIpc) is 2.15. The topological polar surface area (TPSA) is 46.3 Å². The van der Waals surface area contributed by atoms with Gasteiger partial charge in [-0.15, -0.1) is 0 Å². The maximum atomic E-state index is 12.0. The fourth-order valence-electron chi connectivity index (χ4n) is 2.49. The number of nitrogens with zero attached hydrogens (tertiary/aromatic N) is 1. The molecule has 2 unspecified atom stereocenters. The van der Waals surface area contributed by atoms with E-state index in [1.165, 1.54) is 19.4 Å². The Morgan fingerprint density at radius 2 is 2.12 bits per heavy atom. The molecule has 3 heteroatoms. The van der Waals surface area contributed by atoms with E-state index in [1.807, 2.05) is 20.8 Å². The molecule has 0 aromatic carbocycles. The zero-order chi connectivity index (χ0) is 12.3. The number of Topliss-reactive ketones (excluding diaryl/α,β-unsaturated/α-hetero) is 1. The van der Waals surface area contributed by atoms with Crippen molar-refractivity contribution in [2.24, 2.45) is 17.1 Å². The first-order valence-electron chi connectivity index (χ1n) is 6.29. The van der Waals surface area contributed by atoms with Gasteiger partial charge < -0.3 is 10.6 Å². The summed E-state index contributed by atoms with van der Waals surface area (Å²) in [6.45, 7) is 8.11. The number of rotatable bonds is 3. The summed E-state index contributed by atoms with van der Waals surface area (Å²) in [7, 11) is 2.14. The third-order valence-corrected chi connectivity index (χ3v) is 3.39. The lowest BCUT2D eigenvalue weighted by atomic mass is 9.82. The predicted octanol–water partition coefficient (Wildman–Crippen LogP) is 1.66. The number of carbonyl (C=O) groups excluding carboxylic acids is 1. The van der Waals surface area contributed by atoms with Gasteiger partial charge in [-0.1, -0.05) is 20.8 Å². The predicted molar refractivity (Wildman–Crippen MR) is 67.3 cm³/mol. The first-order chi connectivity index (χ1) is 7.30. The Hall–Kier alpha value is -0.410. The molecule has 1 aliphatic heterocycles. The fraction of sp³-hybridized carbons (Fsp3) is 0.923. The number of hydrogen-bond donors (Lipinski definition) is 1. The molecule has 94 valence electrons. The van der Waals surface area contributed by atoms with Crippen LogP contribution < -0.4 is 5.73 Å². The van der Waals surface area contributed by atoms with Crippen LogP contribution in [0.4, 0.5) is 0 Å². The van der Waals surface area contributed by atoms with Gasteiger partial charge in [-0.3, -0.25) is 4.79 Å². The Kier molecular flexibility index (Phi) is 4.51. The molecule has 1 fully saturated rings. The molecule has 1 aliphatic rings. The third kappa shape index (κ3) is 3.87. The van der Waals surface area contributed by atoms with Crippen LogP contribution in [0.5, 0.6) is 0 Å². The van der Waals surface area contributed by atoms with Crippen molar-refractivity contribution in [3.05, 3.63) is 0 Å². The van der Waals surface area contributed by atoms with E-state index in [1.54, 1.807) is 0 Å². The molecule has 16 heavy (non-hydrogen) atoms. The summed E-state index contributed by atoms with van der Waals surface area (Å²) in [6.07, 6.45) is 3.30. The van der Waals surface area contributed by atoms with Crippen LogP contribution in [0.1, 0.15) is 40.0 Å². The zero-order valence-corrected chi connectivity index (χ0v) is 11.1. The summed E-state index contributed by atoms with van der Waals surface area (Å²) in [5.41, 5.74) is 5.71. The maximum Gasteiger partial charge on any atom is 0.154 e. The molecule has 2 N–H and O–H groups in total. The van der Waals surface area contributed by atoms with Gasteiger partial charge in [-0.05, 0) is 38.8 Å². The molecular weight excluding hydrogens is 200 g/mol. The summed E-state index contributed by atoms with van der Waals surface area (Å²) in [4.78, 5) is 14.3. The van der Waals surface area contributed by atoms with Gasteiger partial charge in [-0.2, -0.15) is 0 Å². The molecule has 0 radical (unpaired) electrons. The van der Waals surface area contributed by atoms with Crippen molar-refractivity contribution < 1.29 is 4.79 Å². The fourth-order valence-corrected chi connectivity index (χ4v) is 2.49. The molecule has 0 saturated carbocycles. The van der Waals surface area contributed by atoms with Gasteiger partial charge in [0.2, 0.25) is 0 Å². The van der Waals surface area contributed by atoms with Crippen LogP contribution in [0.2, 0.25) is 0 Å². The van der Waals surface area contributed by atoms with Crippen LogP contribution in [0.25, 0.3) is 0 Å². The lowest BCUT2D eigenvalue weighted by Gasteiger charge is -2.32. The number of hydrogen-bond acceptors (Lipinski definition) is 3. The average molecular weight is 226 g/mol. The second-order valence-electron chi connectivity index (χ2n) is 6.23. The highest BCUT2D eigenvalue weighted by molar-refractivity contribution is 5.88. The smallest absolute Gasteiger partial charge is 0.154 e. The monoisotopic (exact) mass is 226 g/mol. The molecule has 0 aromatic heterocycles. The zero-order valence-electron chi connectivity index (χ0n) is 11.1. The van der Waals surface area contributed by atoms with Gasteiger partial charge in [0.15, 0.2) is 5.78 Å². The van der Waals surface area contributed by atoms with Gasteiger partial charge in [0.05, 0.1) is 6.04 Å². The second kappa shape index (κ2) is 5.28. The summed E-state index contributed by atoms with van der Waals surface area (Å²) < 4.78 is 0. The van der Waals surface area contributed by atoms with Gasteiger partial charge >= 0.3 is 0 Å². The molecule has 0 amide bonds. The first kappa shape index (κ1) is 13.7. The number of nitrogens with two attached hydrogens (primary N) is 1. The van der Waals surface area contributed by atoms with E-state index < -0.39 is 0 Å². The molecular formula is C13H26N2O. The lowest BCUT2D eigenvalue weighted by Crippen LogP contribution is -2.42. The molecule has 1 rings (SSSR count). The Balaban J connectivity index is 2.44. The number of carbonyl (C=O) groups is 1. The van der Waals surface area contributed by atoms with Crippen molar-refractivity contribution in [3.8, 4) is 0 Å². The van der Waals surface area contributed by atoms with Crippen LogP contribution in [-0.4, -0.2) is 36.9 Å². The number of piperidine rings is 1. The minimum Gasteiger partial charge on any atom is -0.321 e. The first-order valence-corrected chi connectivity index (χ1v) is 6.29. The number of likely N-dealkylation sites (tertiary alicyclic amines) is 1. The molecule has 0 aliphatic carbocycles. The minimum atomic E-state index is -0.306. The van der Waals surface area contributed by atoms with E-state index in [0.29, 0.717) is 5.92 Å². The van der Waals surface area contributed by atoms with Crippen molar-refractivity contribution >= 4 is 5.78 Å². The highest BCUT2D eigenvalue weighted by Gasteiger charge is 2.29. The van der Waals surface area contributed by atoms with Gasteiger partial charge in [0.25, 0.3) is 0 Å². The van der Waals surface area contributed by atoms with Crippen LogP contribution in [0, 0.1) is 11.3 Å². The standard InChI is InChI=1S/C13H26N2O/c1-13(2,3)12(16)11(14)8-10-6-5-7-15(4)9-10/h10-11H,5-9,14H2,1-4H3. The van der Waals surface area contributed by atoms with Crippen LogP contribution in [-0.2, 0) is 4.79 Å². The highest BCUT2D eigenvalue weighted by atomic mass is 16.1.